The van der Waals surface area contributed by atoms with Crippen LogP contribution in [0.2, 0.25) is 0 Å². The first-order valence-corrected chi connectivity index (χ1v) is 9.62. The quantitative estimate of drug-likeness (QED) is 0.783. The fourth-order valence-corrected chi connectivity index (χ4v) is 3.23. The molecule has 0 radical (unpaired) electrons. The molecule has 1 aliphatic heterocycles. The Morgan fingerprint density at radius 1 is 1.22 bits per heavy atom. The second-order valence-electron chi connectivity index (χ2n) is 6.99. The minimum Gasteiger partial charge on any atom is -0.487 e. The number of piperidine rings is 1. The van der Waals surface area contributed by atoms with Crippen LogP contribution >= 0.6 is 0 Å². The van der Waals surface area contributed by atoms with Crippen LogP contribution in [0, 0.1) is 0 Å². The van der Waals surface area contributed by atoms with E-state index < -0.39 is 0 Å². The number of nitrogens with zero attached hydrogens (tertiary/aromatic N) is 2. The van der Waals surface area contributed by atoms with E-state index in [2.05, 4.69) is 26.6 Å². The highest BCUT2D eigenvalue weighted by molar-refractivity contribution is 5.89. The minimum absolute atomic E-state index is 0.148. The summed E-state index contributed by atoms with van der Waals surface area (Å²) in [4.78, 5) is 18.7. The molecule has 144 valence electrons. The highest BCUT2D eigenvalue weighted by Gasteiger charge is 2.11. The van der Waals surface area contributed by atoms with Gasteiger partial charge in [0.1, 0.15) is 11.9 Å². The van der Waals surface area contributed by atoms with Gasteiger partial charge in [0, 0.05) is 18.4 Å². The summed E-state index contributed by atoms with van der Waals surface area (Å²) in [5.74, 6) is 0.692. The van der Waals surface area contributed by atoms with Crippen LogP contribution in [0.4, 0.5) is 10.5 Å². The number of nitrogens with one attached hydrogen (secondary N) is 2. The Morgan fingerprint density at radius 2 is 2.07 bits per heavy atom. The number of ether oxygens (including phenoxy) is 1. The summed E-state index contributed by atoms with van der Waals surface area (Å²) < 4.78 is 5.71. The number of aromatic nitrogens is 1. The van der Waals surface area contributed by atoms with E-state index in [1.807, 2.05) is 37.3 Å². The van der Waals surface area contributed by atoms with Gasteiger partial charge in [0.2, 0.25) is 0 Å². The van der Waals surface area contributed by atoms with Crippen molar-refractivity contribution in [2.24, 2.45) is 0 Å². The van der Waals surface area contributed by atoms with Crippen LogP contribution in [-0.2, 0) is 6.54 Å². The number of hydrogen-bond acceptors (Lipinski definition) is 4. The maximum absolute atomic E-state index is 12.2. The molecular weight excluding hydrogens is 340 g/mol. The van der Waals surface area contributed by atoms with Crippen LogP contribution < -0.4 is 15.4 Å². The third-order valence-corrected chi connectivity index (χ3v) is 4.56. The lowest BCUT2D eigenvalue weighted by Gasteiger charge is -2.26. The first-order valence-electron chi connectivity index (χ1n) is 9.62. The van der Waals surface area contributed by atoms with Gasteiger partial charge in [-0.1, -0.05) is 18.6 Å². The second-order valence-corrected chi connectivity index (χ2v) is 6.99. The predicted octanol–water partition coefficient (Wildman–Crippen LogP) is 3.66. The summed E-state index contributed by atoms with van der Waals surface area (Å²) in [5, 5.41) is 5.75. The summed E-state index contributed by atoms with van der Waals surface area (Å²) in [7, 11) is 0. The van der Waals surface area contributed by atoms with Crippen molar-refractivity contribution in [3.8, 4) is 5.75 Å². The zero-order valence-corrected chi connectivity index (χ0v) is 15.9. The number of likely N-dealkylation sites (tertiary alicyclic amines) is 1. The molecule has 0 saturated carbocycles. The number of pyridine rings is 1. The standard InChI is InChI=1S/C21H28N4O2/c1-17(27-20-9-6-10-22-15-20)14-23-21(26)24-19-8-5-7-18(13-19)16-25-11-3-2-4-12-25/h5-10,13,15,17H,2-4,11-12,14,16H2,1H3,(H2,23,24,26)/t17-/m1/s1. The maximum Gasteiger partial charge on any atom is 0.319 e. The van der Waals surface area contributed by atoms with E-state index in [9.17, 15) is 4.79 Å². The minimum atomic E-state index is -0.230. The Hall–Kier alpha value is -2.60. The number of urea groups is 1. The topological polar surface area (TPSA) is 66.5 Å². The molecule has 1 aliphatic rings. The lowest BCUT2D eigenvalue weighted by Crippen LogP contribution is -2.36. The van der Waals surface area contributed by atoms with E-state index in [4.69, 9.17) is 4.74 Å². The molecule has 2 aromatic rings. The molecule has 1 aromatic carbocycles. The van der Waals surface area contributed by atoms with E-state index in [-0.39, 0.29) is 12.1 Å². The molecule has 27 heavy (non-hydrogen) atoms. The first kappa shape index (κ1) is 19.2. The van der Waals surface area contributed by atoms with Crippen LogP contribution in [0.3, 0.4) is 0 Å². The van der Waals surface area contributed by atoms with Gasteiger partial charge in [0.05, 0.1) is 12.7 Å². The molecule has 1 aromatic heterocycles. The van der Waals surface area contributed by atoms with E-state index in [0.29, 0.717) is 12.3 Å². The molecule has 1 fully saturated rings. The first-order chi connectivity index (χ1) is 13.2. The molecule has 0 unspecified atom stereocenters. The predicted molar refractivity (Wildman–Crippen MR) is 107 cm³/mol. The lowest BCUT2D eigenvalue weighted by molar-refractivity contribution is 0.211. The largest absolute Gasteiger partial charge is 0.487 e. The van der Waals surface area contributed by atoms with Gasteiger partial charge in [-0.2, -0.15) is 0 Å². The van der Waals surface area contributed by atoms with Crippen molar-refractivity contribution in [1.82, 2.24) is 15.2 Å². The van der Waals surface area contributed by atoms with Crippen molar-refractivity contribution in [3.05, 3.63) is 54.4 Å². The molecule has 3 rings (SSSR count). The van der Waals surface area contributed by atoms with Gasteiger partial charge in [0.15, 0.2) is 0 Å². The van der Waals surface area contributed by atoms with Crippen LogP contribution in [0.25, 0.3) is 0 Å². The van der Waals surface area contributed by atoms with Gasteiger partial charge >= 0.3 is 6.03 Å². The van der Waals surface area contributed by atoms with Gasteiger partial charge < -0.3 is 15.4 Å². The van der Waals surface area contributed by atoms with Crippen LogP contribution in [-0.4, -0.2) is 41.7 Å². The van der Waals surface area contributed by atoms with Gasteiger partial charge in [-0.05, 0) is 62.7 Å². The molecule has 0 spiro atoms. The monoisotopic (exact) mass is 368 g/mol. The average molecular weight is 368 g/mol. The number of hydrogen-bond donors (Lipinski definition) is 2. The second kappa shape index (κ2) is 9.92. The Kier molecular flexibility index (Phi) is 7.04. The van der Waals surface area contributed by atoms with Crippen molar-refractivity contribution in [2.45, 2.75) is 38.8 Å². The number of rotatable bonds is 7. The molecular formula is C21H28N4O2. The number of amides is 2. The Labute approximate surface area is 160 Å². The van der Waals surface area contributed by atoms with Crippen molar-refractivity contribution < 1.29 is 9.53 Å². The third-order valence-electron chi connectivity index (χ3n) is 4.56. The molecule has 1 saturated heterocycles. The third kappa shape index (κ3) is 6.57. The zero-order chi connectivity index (χ0) is 18.9. The average Bonchev–Trinajstić information content (AvgIpc) is 2.68. The summed E-state index contributed by atoms with van der Waals surface area (Å²) >= 11 is 0. The van der Waals surface area contributed by atoms with Crippen molar-refractivity contribution in [3.63, 3.8) is 0 Å². The molecule has 2 amide bonds. The Morgan fingerprint density at radius 3 is 2.85 bits per heavy atom. The normalized spacial score (nSPS) is 15.7. The summed E-state index contributed by atoms with van der Waals surface area (Å²) in [6, 6.07) is 11.5. The number of anilines is 1. The summed E-state index contributed by atoms with van der Waals surface area (Å²) in [5.41, 5.74) is 2.03. The SMILES string of the molecule is C[C@H](CNC(=O)Nc1cccc(CN2CCCCC2)c1)Oc1cccnc1. The number of carbonyl (C=O) groups is 1. The molecule has 6 nitrogen and oxygen atoms in total. The molecule has 2 N–H and O–H groups in total. The molecule has 2 heterocycles. The van der Waals surface area contributed by atoms with E-state index in [1.165, 1.54) is 24.8 Å². The fraction of sp³-hybridized carbons (Fsp3) is 0.429. The van der Waals surface area contributed by atoms with E-state index in [1.54, 1.807) is 12.4 Å². The maximum atomic E-state index is 12.2. The lowest BCUT2D eigenvalue weighted by atomic mass is 10.1. The number of carbonyl (C=O) groups excluding carboxylic acids is 1. The van der Waals surface area contributed by atoms with Gasteiger partial charge in [-0.25, -0.2) is 4.79 Å². The zero-order valence-electron chi connectivity index (χ0n) is 15.9. The van der Waals surface area contributed by atoms with Crippen LogP contribution in [0.1, 0.15) is 31.7 Å². The highest BCUT2D eigenvalue weighted by Crippen LogP contribution is 2.16. The van der Waals surface area contributed by atoms with Gasteiger partial charge in [0.25, 0.3) is 0 Å². The fourth-order valence-electron chi connectivity index (χ4n) is 3.23. The summed E-state index contributed by atoms with van der Waals surface area (Å²) in [6.07, 6.45) is 7.10. The van der Waals surface area contributed by atoms with Crippen LogP contribution in [0.15, 0.2) is 48.8 Å². The Balaban J connectivity index is 1.44. The van der Waals surface area contributed by atoms with Gasteiger partial charge in [-0.15, -0.1) is 0 Å². The van der Waals surface area contributed by atoms with Crippen molar-refractivity contribution in [1.29, 1.82) is 0 Å². The number of benzene rings is 1. The molecule has 0 bridgehead atoms. The molecule has 6 heteroatoms. The van der Waals surface area contributed by atoms with E-state index >= 15 is 0 Å². The van der Waals surface area contributed by atoms with Crippen molar-refractivity contribution in [2.75, 3.05) is 25.0 Å². The van der Waals surface area contributed by atoms with Crippen molar-refractivity contribution >= 4 is 11.7 Å². The highest BCUT2D eigenvalue weighted by atomic mass is 16.5. The van der Waals surface area contributed by atoms with E-state index in [0.717, 1.165) is 25.3 Å². The smallest absolute Gasteiger partial charge is 0.319 e. The Bertz CT molecular complexity index is 717. The molecule has 0 aliphatic carbocycles. The summed E-state index contributed by atoms with van der Waals surface area (Å²) in [6.45, 7) is 5.58. The molecule has 1 atom stereocenters. The van der Waals surface area contributed by atoms with Gasteiger partial charge in [-0.3, -0.25) is 9.88 Å². The van der Waals surface area contributed by atoms with Crippen LogP contribution in [0.5, 0.6) is 5.75 Å².